The Bertz CT molecular complexity index is 343. The molecule has 0 aromatic carbocycles. The molecule has 1 aliphatic carbocycles. The lowest BCUT2D eigenvalue weighted by atomic mass is 9.96. The van der Waals surface area contributed by atoms with Crippen LogP contribution in [0, 0.1) is 0 Å². The van der Waals surface area contributed by atoms with E-state index < -0.39 is 0 Å². The van der Waals surface area contributed by atoms with Gasteiger partial charge in [-0.3, -0.25) is 15.0 Å². The molecule has 1 aliphatic heterocycles. The van der Waals surface area contributed by atoms with Crippen molar-refractivity contribution in [3.63, 3.8) is 0 Å². The summed E-state index contributed by atoms with van der Waals surface area (Å²) < 4.78 is 5.42. The zero-order chi connectivity index (χ0) is 14.4. The predicted octanol–water partition coefficient (Wildman–Crippen LogP) is 0.866. The van der Waals surface area contributed by atoms with Crippen LogP contribution >= 0.6 is 0 Å². The summed E-state index contributed by atoms with van der Waals surface area (Å²) in [7, 11) is 0. The van der Waals surface area contributed by atoms with Crippen molar-refractivity contribution < 1.29 is 14.3 Å². The maximum atomic E-state index is 11.8. The lowest BCUT2D eigenvalue weighted by molar-refractivity contribution is -0.123. The molecule has 0 radical (unpaired) electrons. The van der Waals surface area contributed by atoms with E-state index in [0.29, 0.717) is 6.61 Å². The lowest BCUT2D eigenvalue weighted by Crippen LogP contribution is -2.50. The van der Waals surface area contributed by atoms with Crippen molar-refractivity contribution >= 4 is 11.9 Å². The van der Waals surface area contributed by atoms with Gasteiger partial charge in [-0.15, -0.1) is 0 Å². The SMILES string of the molecule is C[C@@H]1CN(CC(=O)NC(=O)NC2CCCCC2)CCO1. The van der Waals surface area contributed by atoms with Crippen molar-refractivity contribution in [2.75, 3.05) is 26.2 Å². The third kappa shape index (κ3) is 5.09. The van der Waals surface area contributed by atoms with E-state index in [4.69, 9.17) is 4.74 Å². The van der Waals surface area contributed by atoms with Crippen LogP contribution < -0.4 is 10.6 Å². The van der Waals surface area contributed by atoms with E-state index >= 15 is 0 Å². The molecule has 0 bridgehead atoms. The Kier molecular flexibility index (Phi) is 5.79. The van der Waals surface area contributed by atoms with E-state index in [-0.39, 0.29) is 30.6 Å². The number of nitrogens with zero attached hydrogens (tertiary/aromatic N) is 1. The number of nitrogens with one attached hydrogen (secondary N) is 2. The molecule has 2 fully saturated rings. The van der Waals surface area contributed by atoms with Gasteiger partial charge in [-0.1, -0.05) is 19.3 Å². The van der Waals surface area contributed by atoms with Crippen molar-refractivity contribution in [1.29, 1.82) is 0 Å². The fourth-order valence-electron chi connectivity index (χ4n) is 2.87. The van der Waals surface area contributed by atoms with Crippen LogP contribution in [0.5, 0.6) is 0 Å². The molecule has 20 heavy (non-hydrogen) atoms. The molecular formula is C14H25N3O3. The molecule has 1 saturated heterocycles. The first-order chi connectivity index (χ1) is 9.63. The standard InChI is InChI=1S/C14H25N3O3/c1-11-9-17(7-8-20-11)10-13(18)16-14(19)15-12-5-3-2-4-6-12/h11-12H,2-10H2,1H3,(H2,15,16,18,19)/t11-/m1/s1. The highest BCUT2D eigenvalue weighted by Crippen LogP contribution is 2.17. The number of morpholine rings is 1. The summed E-state index contributed by atoms with van der Waals surface area (Å²) in [6, 6.07) is -0.136. The molecule has 2 N–H and O–H groups in total. The predicted molar refractivity (Wildman–Crippen MR) is 75.4 cm³/mol. The number of hydrogen-bond donors (Lipinski definition) is 2. The van der Waals surface area contributed by atoms with Gasteiger partial charge < -0.3 is 10.1 Å². The molecule has 0 unspecified atom stereocenters. The number of ether oxygens (including phenoxy) is 1. The fourth-order valence-corrected chi connectivity index (χ4v) is 2.87. The average Bonchev–Trinajstić information content (AvgIpc) is 2.39. The fraction of sp³-hybridized carbons (Fsp3) is 0.857. The van der Waals surface area contributed by atoms with Gasteiger partial charge in [0.2, 0.25) is 5.91 Å². The summed E-state index contributed by atoms with van der Waals surface area (Å²) in [5.74, 6) is -0.243. The first-order valence-electron chi connectivity index (χ1n) is 7.58. The third-order valence-electron chi connectivity index (χ3n) is 3.89. The van der Waals surface area contributed by atoms with Crippen LogP contribution in [0.4, 0.5) is 4.79 Å². The minimum atomic E-state index is -0.358. The first kappa shape index (κ1) is 15.3. The minimum Gasteiger partial charge on any atom is -0.376 e. The van der Waals surface area contributed by atoms with Crippen LogP contribution in [-0.4, -0.2) is 55.2 Å². The van der Waals surface area contributed by atoms with Gasteiger partial charge in [0.25, 0.3) is 0 Å². The van der Waals surface area contributed by atoms with Crippen molar-refractivity contribution in [3.05, 3.63) is 0 Å². The van der Waals surface area contributed by atoms with Gasteiger partial charge in [-0.25, -0.2) is 4.79 Å². The zero-order valence-electron chi connectivity index (χ0n) is 12.2. The van der Waals surface area contributed by atoms with Gasteiger partial charge in [0, 0.05) is 19.1 Å². The van der Waals surface area contributed by atoms with Crippen LogP contribution in [0.3, 0.4) is 0 Å². The summed E-state index contributed by atoms with van der Waals surface area (Å²) in [4.78, 5) is 25.6. The van der Waals surface area contributed by atoms with Gasteiger partial charge >= 0.3 is 6.03 Å². The molecule has 1 heterocycles. The number of carbonyl (C=O) groups is 2. The molecule has 1 saturated carbocycles. The Morgan fingerprint density at radius 2 is 2.00 bits per heavy atom. The van der Waals surface area contributed by atoms with Gasteiger partial charge in [0.15, 0.2) is 0 Å². The highest BCUT2D eigenvalue weighted by molar-refractivity contribution is 5.95. The van der Waals surface area contributed by atoms with E-state index in [1.54, 1.807) is 0 Å². The Balaban J connectivity index is 1.66. The molecule has 0 aromatic rings. The van der Waals surface area contributed by atoms with E-state index in [0.717, 1.165) is 38.8 Å². The van der Waals surface area contributed by atoms with Gasteiger partial charge in [-0.2, -0.15) is 0 Å². The number of urea groups is 1. The normalized spacial score (nSPS) is 25.1. The summed E-state index contributed by atoms with van der Waals surface area (Å²) in [5.41, 5.74) is 0. The van der Waals surface area contributed by atoms with Crippen molar-refractivity contribution in [1.82, 2.24) is 15.5 Å². The monoisotopic (exact) mass is 283 g/mol. The molecule has 6 nitrogen and oxygen atoms in total. The van der Waals surface area contributed by atoms with Crippen molar-refractivity contribution in [2.45, 2.75) is 51.2 Å². The van der Waals surface area contributed by atoms with E-state index in [2.05, 4.69) is 10.6 Å². The van der Waals surface area contributed by atoms with E-state index in [1.165, 1.54) is 6.42 Å². The number of rotatable bonds is 3. The van der Waals surface area contributed by atoms with Crippen molar-refractivity contribution in [3.8, 4) is 0 Å². The van der Waals surface area contributed by atoms with Crippen LogP contribution in [-0.2, 0) is 9.53 Å². The number of imide groups is 1. The number of carbonyl (C=O) groups excluding carboxylic acids is 2. The molecule has 6 heteroatoms. The first-order valence-corrected chi connectivity index (χ1v) is 7.58. The van der Waals surface area contributed by atoms with Crippen LogP contribution in [0.15, 0.2) is 0 Å². The maximum Gasteiger partial charge on any atom is 0.321 e. The Morgan fingerprint density at radius 3 is 2.70 bits per heavy atom. The number of amides is 3. The molecule has 2 aliphatic rings. The van der Waals surface area contributed by atoms with Crippen LogP contribution in [0.1, 0.15) is 39.0 Å². The lowest BCUT2D eigenvalue weighted by Gasteiger charge is -2.30. The second-order valence-corrected chi connectivity index (χ2v) is 5.77. The summed E-state index contributed by atoms with van der Waals surface area (Å²) in [6.45, 7) is 4.36. The third-order valence-corrected chi connectivity index (χ3v) is 3.89. The van der Waals surface area contributed by atoms with E-state index in [1.807, 2.05) is 11.8 Å². The highest BCUT2D eigenvalue weighted by atomic mass is 16.5. The quantitative estimate of drug-likeness (QED) is 0.806. The van der Waals surface area contributed by atoms with Gasteiger partial charge in [0.05, 0.1) is 19.3 Å². The molecule has 0 spiro atoms. The Labute approximate surface area is 120 Å². The van der Waals surface area contributed by atoms with Gasteiger partial charge in [-0.05, 0) is 19.8 Å². The smallest absolute Gasteiger partial charge is 0.321 e. The Morgan fingerprint density at radius 1 is 1.25 bits per heavy atom. The summed E-state index contributed by atoms with van der Waals surface area (Å²) >= 11 is 0. The van der Waals surface area contributed by atoms with Crippen LogP contribution in [0.2, 0.25) is 0 Å². The molecule has 114 valence electrons. The largest absolute Gasteiger partial charge is 0.376 e. The van der Waals surface area contributed by atoms with Gasteiger partial charge in [0.1, 0.15) is 0 Å². The van der Waals surface area contributed by atoms with Crippen molar-refractivity contribution in [2.24, 2.45) is 0 Å². The second kappa shape index (κ2) is 7.59. The topological polar surface area (TPSA) is 70.7 Å². The van der Waals surface area contributed by atoms with E-state index in [9.17, 15) is 9.59 Å². The highest BCUT2D eigenvalue weighted by Gasteiger charge is 2.21. The second-order valence-electron chi connectivity index (χ2n) is 5.77. The molecule has 1 atom stereocenters. The summed E-state index contributed by atoms with van der Waals surface area (Å²) in [6.07, 6.45) is 5.74. The molecule has 2 rings (SSSR count). The maximum absolute atomic E-state index is 11.8. The summed E-state index contributed by atoms with van der Waals surface area (Å²) in [5, 5.41) is 5.30. The molecule has 0 aromatic heterocycles. The number of hydrogen-bond acceptors (Lipinski definition) is 4. The zero-order valence-corrected chi connectivity index (χ0v) is 12.2. The molecular weight excluding hydrogens is 258 g/mol. The minimum absolute atomic E-state index is 0.146. The van der Waals surface area contributed by atoms with Crippen LogP contribution in [0.25, 0.3) is 0 Å². The average molecular weight is 283 g/mol. The molecule has 3 amide bonds. The Hall–Kier alpha value is -1.14.